The van der Waals surface area contributed by atoms with Crippen molar-refractivity contribution in [2.75, 3.05) is 13.1 Å². The van der Waals surface area contributed by atoms with Crippen molar-refractivity contribution in [3.8, 4) is 0 Å². The maximum absolute atomic E-state index is 13.1. The SMILES string of the molecule is O=C(CN(Cc1nccn1C(F)F)C1CC1)N1CCC(c2ccccc2)=N1. The van der Waals surface area contributed by atoms with E-state index in [1.54, 1.807) is 0 Å². The van der Waals surface area contributed by atoms with Crippen molar-refractivity contribution in [2.24, 2.45) is 5.10 Å². The Kier molecular flexibility index (Phi) is 4.98. The predicted molar refractivity (Wildman–Crippen MR) is 96.2 cm³/mol. The van der Waals surface area contributed by atoms with Gasteiger partial charge < -0.3 is 0 Å². The molecular formula is C19H21F2N5O. The highest BCUT2D eigenvalue weighted by Crippen LogP contribution is 2.29. The van der Waals surface area contributed by atoms with Gasteiger partial charge in [0.1, 0.15) is 5.82 Å². The molecule has 142 valence electrons. The van der Waals surface area contributed by atoms with Crippen molar-refractivity contribution < 1.29 is 13.6 Å². The topological polar surface area (TPSA) is 53.7 Å². The van der Waals surface area contributed by atoms with Gasteiger partial charge in [-0.1, -0.05) is 30.3 Å². The summed E-state index contributed by atoms with van der Waals surface area (Å²) >= 11 is 0. The van der Waals surface area contributed by atoms with E-state index in [0.717, 1.165) is 35.1 Å². The van der Waals surface area contributed by atoms with Crippen molar-refractivity contribution >= 4 is 11.6 Å². The summed E-state index contributed by atoms with van der Waals surface area (Å²) in [6.45, 7) is -1.69. The van der Waals surface area contributed by atoms with Crippen LogP contribution in [0.25, 0.3) is 0 Å². The quantitative estimate of drug-likeness (QED) is 0.750. The Hall–Kier alpha value is -2.61. The molecule has 0 unspecified atom stereocenters. The molecule has 1 saturated carbocycles. The van der Waals surface area contributed by atoms with Gasteiger partial charge in [-0.2, -0.15) is 13.9 Å². The molecule has 6 nitrogen and oxygen atoms in total. The number of hydrazone groups is 1. The van der Waals surface area contributed by atoms with Gasteiger partial charge in [0.05, 0.1) is 25.3 Å². The van der Waals surface area contributed by atoms with E-state index in [1.807, 2.05) is 35.2 Å². The lowest BCUT2D eigenvalue weighted by atomic mass is 10.1. The third-order valence-corrected chi connectivity index (χ3v) is 4.90. The first-order chi connectivity index (χ1) is 13.1. The van der Waals surface area contributed by atoms with E-state index in [1.165, 1.54) is 17.4 Å². The molecule has 1 amide bonds. The van der Waals surface area contributed by atoms with Gasteiger partial charge >= 0.3 is 6.55 Å². The van der Waals surface area contributed by atoms with Crippen LogP contribution in [-0.2, 0) is 11.3 Å². The fraction of sp³-hybridized carbons (Fsp3) is 0.421. The molecule has 0 saturated heterocycles. The summed E-state index contributed by atoms with van der Waals surface area (Å²) in [7, 11) is 0. The summed E-state index contributed by atoms with van der Waals surface area (Å²) in [6.07, 6.45) is 5.30. The Bertz CT molecular complexity index is 832. The van der Waals surface area contributed by atoms with Crippen LogP contribution in [0.4, 0.5) is 8.78 Å². The van der Waals surface area contributed by atoms with Gasteiger partial charge in [0.15, 0.2) is 0 Å². The molecule has 0 bridgehead atoms. The highest BCUT2D eigenvalue weighted by atomic mass is 19.3. The van der Waals surface area contributed by atoms with Crippen molar-refractivity contribution in [2.45, 2.75) is 38.4 Å². The first-order valence-corrected chi connectivity index (χ1v) is 9.09. The fourth-order valence-corrected chi connectivity index (χ4v) is 3.31. The minimum Gasteiger partial charge on any atom is -0.284 e. The van der Waals surface area contributed by atoms with Gasteiger partial charge in [-0.05, 0) is 18.4 Å². The number of aromatic nitrogens is 2. The van der Waals surface area contributed by atoms with Crippen LogP contribution < -0.4 is 0 Å². The minimum absolute atomic E-state index is 0.108. The molecule has 1 aliphatic heterocycles. The number of nitrogens with zero attached hydrogens (tertiary/aromatic N) is 5. The molecule has 1 aliphatic carbocycles. The van der Waals surface area contributed by atoms with Crippen LogP contribution in [0.3, 0.4) is 0 Å². The van der Waals surface area contributed by atoms with Crippen LogP contribution in [-0.4, -0.2) is 50.2 Å². The van der Waals surface area contributed by atoms with E-state index < -0.39 is 6.55 Å². The minimum atomic E-state index is -2.63. The van der Waals surface area contributed by atoms with Crippen molar-refractivity contribution in [3.05, 3.63) is 54.1 Å². The normalized spacial score (nSPS) is 17.0. The Morgan fingerprint density at radius 2 is 2.04 bits per heavy atom. The van der Waals surface area contributed by atoms with Gasteiger partial charge in [0, 0.05) is 24.9 Å². The summed E-state index contributed by atoms with van der Waals surface area (Å²) in [5, 5.41) is 5.96. The van der Waals surface area contributed by atoms with Gasteiger partial charge in [-0.15, -0.1) is 0 Å². The maximum atomic E-state index is 13.1. The molecule has 0 atom stereocenters. The number of hydrogen-bond acceptors (Lipinski definition) is 4. The van der Waals surface area contributed by atoms with Gasteiger partial charge in [0.25, 0.3) is 5.91 Å². The zero-order valence-corrected chi connectivity index (χ0v) is 14.8. The monoisotopic (exact) mass is 373 g/mol. The van der Waals surface area contributed by atoms with E-state index >= 15 is 0 Å². The maximum Gasteiger partial charge on any atom is 0.319 e. The average molecular weight is 373 g/mol. The molecule has 4 rings (SSSR count). The van der Waals surface area contributed by atoms with Crippen LogP contribution in [0.1, 0.15) is 37.2 Å². The predicted octanol–water partition coefficient (Wildman–Crippen LogP) is 2.88. The number of halogens is 2. The molecule has 1 fully saturated rings. The van der Waals surface area contributed by atoms with E-state index in [0.29, 0.717) is 6.54 Å². The van der Waals surface area contributed by atoms with Gasteiger partial charge in [-0.3, -0.25) is 14.3 Å². The smallest absolute Gasteiger partial charge is 0.284 e. The van der Waals surface area contributed by atoms with Crippen molar-refractivity contribution in [3.63, 3.8) is 0 Å². The lowest BCUT2D eigenvalue weighted by Gasteiger charge is -2.23. The number of amides is 1. The second kappa shape index (κ2) is 7.56. The number of alkyl halides is 2. The molecule has 0 N–H and O–H groups in total. The zero-order chi connectivity index (χ0) is 18.8. The second-order valence-electron chi connectivity index (χ2n) is 6.84. The van der Waals surface area contributed by atoms with Crippen LogP contribution in [0, 0.1) is 0 Å². The van der Waals surface area contributed by atoms with Gasteiger partial charge in [0.2, 0.25) is 0 Å². The molecule has 8 heteroatoms. The third kappa shape index (κ3) is 4.05. The van der Waals surface area contributed by atoms with Crippen molar-refractivity contribution in [1.82, 2.24) is 19.5 Å². The first kappa shape index (κ1) is 17.8. The Morgan fingerprint density at radius 3 is 2.74 bits per heavy atom. The highest BCUT2D eigenvalue weighted by Gasteiger charge is 2.33. The number of carbonyl (C=O) groups excluding carboxylic acids is 1. The van der Waals surface area contributed by atoms with Crippen LogP contribution in [0.2, 0.25) is 0 Å². The molecule has 2 heterocycles. The second-order valence-corrected chi connectivity index (χ2v) is 6.84. The van der Waals surface area contributed by atoms with E-state index in [9.17, 15) is 13.6 Å². The lowest BCUT2D eigenvalue weighted by Crippen LogP contribution is -2.38. The largest absolute Gasteiger partial charge is 0.319 e. The van der Waals surface area contributed by atoms with Crippen LogP contribution in [0.5, 0.6) is 0 Å². The molecular weight excluding hydrogens is 352 g/mol. The van der Waals surface area contributed by atoms with Crippen LogP contribution >= 0.6 is 0 Å². The molecule has 1 aromatic carbocycles. The summed E-state index contributed by atoms with van der Waals surface area (Å²) < 4.78 is 27.0. The van der Waals surface area contributed by atoms with Gasteiger partial charge in [-0.25, -0.2) is 9.99 Å². The molecule has 0 spiro atoms. The van der Waals surface area contributed by atoms with E-state index in [-0.39, 0.29) is 30.9 Å². The Labute approximate surface area is 156 Å². The molecule has 2 aliphatic rings. The summed E-state index contributed by atoms with van der Waals surface area (Å²) in [6, 6.07) is 10.0. The average Bonchev–Trinajstić information content (AvgIpc) is 3.20. The summed E-state index contributed by atoms with van der Waals surface area (Å²) in [5.41, 5.74) is 1.92. The van der Waals surface area contributed by atoms with E-state index in [4.69, 9.17) is 0 Å². The Morgan fingerprint density at radius 1 is 1.26 bits per heavy atom. The number of benzene rings is 1. The molecule has 1 aromatic heterocycles. The summed E-state index contributed by atoms with van der Waals surface area (Å²) in [5.74, 6) is 0.169. The summed E-state index contributed by atoms with van der Waals surface area (Å²) in [4.78, 5) is 18.7. The third-order valence-electron chi connectivity index (χ3n) is 4.90. The molecule has 27 heavy (non-hydrogen) atoms. The fourth-order valence-electron chi connectivity index (χ4n) is 3.31. The molecule has 2 aromatic rings. The van der Waals surface area contributed by atoms with E-state index in [2.05, 4.69) is 10.1 Å². The number of imidazole rings is 1. The first-order valence-electron chi connectivity index (χ1n) is 9.09. The Balaban J connectivity index is 1.43. The highest BCUT2D eigenvalue weighted by molar-refractivity contribution is 6.02. The molecule has 0 radical (unpaired) electrons. The number of hydrogen-bond donors (Lipinski definition) is 0. The van der Waals surface area contributed by atoms with Crippen LogP contribution in [0.15, 0.2) is 47.8 Å². The number of carbonyl (C=O) groups is 1. The standard InChI is InChI=1S/C19H21F2N5O/c20-19(21)25-11-9-22-17(25)12-24(15-6-7-15)13-18(27)26-10-8-16(23-26)14-4-2-1-3-5-14/h1-5,9,11,15,19H,6-8,10,12-13H2. The lowest BCUT2D eigenvalue weighted by molar-refractivity contribution is -0.132. The zero-order valence-electron chi connectivity index (χ0n) is 14.8. The van der Waals surface area contributed by atoms with Crippen molar-refractivity contribution in [1.29, 1.82) is 0 Å². The number of rotatable bonds is 7.